The average Bonchev–Trinajstić information content (AvgIpc) is 3.10. The van der Waals surface area contributed by atoms with Gasteiger partial charge < -0.3 is 14.8 Å². The number of anilines is 2. The second kappa shape index (κ2) is 8.92. The molecule has 0 bridgehead atoms. The molecule has 1 amide bonds. The van der Waals surface area contributed by atoms with Gasteiger partial charge in [-0.1, -0.05) is 11.6 Å². The van der Waals surface area contributed by atoms with Crippen molar-refractivity contribution in [2.45, 2.75) is 38.7 Å². The normalized spacial score (nSPS) is 17.7. The van der Waals surface area contributed by atoms with E-state index in [-0.39, 0.29) is 24.6 Å². The summed E-state index contributed by atoms with van der Waals surface area (Å²) in [5.74, 6) is -0.768. The number of carbonyl (C=O) groups excluding carboxylic acids is 2. The Kier molecular flexibility index (Phi) is 6.37. The molecule has 2 aliphatic rings. The summed E-state index contributed by atoms with van der Waals surface area (Å²) in [7, 11) is -3.68. The predicted octanol–water partition coefficient (Wildman–Crippen LogP) is 3.62. The van der Waals surface area contributed by atoms with Crippen LogP contribution in [0, 0.1) is 0 Å². The number of sulfonamides is 1. The molecular weight excluding hydrogens is 476 g/mol. The highest BCUT2D eigenvalue weighted by molar-refractivity contribution is 7.92. The van der Waals surface area contributed by atoms with Crippen molar-refractivity contribution in [3.8, 4) is 5.75 Å². The molecule has 2 aromatic rings. The van der Waals surface area contributed by atoms with E-state index in [0.717, 1.165) is 46.7 Å². The molecule has 0 fully saturated rings. The fourth-order valence-corrected chi connectivity index (χ4v) is 6.29. The summed E-state index contributed by atoms with van der Waals surface area (Å²) in [5, 5.41) is 3.56. The number of esters is 1. The Balaban J connectivity index is 1.64. The topological polar surface area (TPSA) is 102 Å². The van der Waals surface area contributed by atoms with E-state index in [0.29, 0.717) is 15.6 Å². The molecule has 0 spiro atoms. The van der Waals surface area contributed by atoms with Gasteiger partial charge in [-0.25, -0.2) is 13.2 Å². The molecule has 4 rings (SSSR count). The largest absolute Gasteiger partial charge is 0.476 e. The van der Waals surface area contributed by atoms with E-state index in [1.807, 2.05) is 0 Å². The molecule has 0 radical (unpaired) electrons. The molecule has 1 N–H and O–H groups in total. The van der Waals surface area contributed by atoms with Gasteiger partial charge in [-0.05, 0) is 56.4 Å². The van der Waals surface area contributed by atoms with Crippen molar-refractivity contribution >= 4 is 55.5 Å². The quantitative estimate of drug-likeness (QED) is 0.632. The van der Waals surface area contributed by atoms with Crippen molar-refractivity contribution in [1.82, 2.24) is 0 Å². The Morgan fingerprint density at radius 3 is 2.78 bits per heavy atom. The number of halogens is 1. The molecule has 172 valence electrons. The van der Waals surface area contributed by atoms with Crippen LogP contribution in [0.2, 0.25) is 5.02 Å². The average molecular weight is 499 g/mol. The molecule has 32 heavy (non-hydrogen) atoms. The van der Waals surface area contributed by atoms with Crippen molar-refractivity contribution < 1.29 is 27.5 Å². The molecule has 1 aromatic carbocycles. The summed E-state index contributed by atoms with van der Waals surface area (Å²) in [4.78, 5) is 26.8. The lowest BCUT2D eigenvalue weighted by Crippen LogP contribution is -2.48. The third-order valence-corrected chi connectivity index (χ3v) is 7.96. The van der Waals surface area contributed by atoms with Gasteiger partial charge in [-0.2, -0.15) is 0 Å². The lowest BCUT2D eigenvalue weighted by atomic mass is 9.95. The smallest absolute Gasteiger partial charge is 0.341 e. The lowest BCUT2D eigenvalue weighted by Gasteiger charge is -2.34. The first-order chi connectivity index (χ1) is 15.2. The summed E-state index contributed by atoms with van der Waals surface area (Å²) in [5.41, 5.74) is 1.60. The van der Waals surface area contributed by atoms with Crippen LogP contribution in [0.15, 0.2) is 18.2 Å². The Morgan fingerprint density at radius 1 is 1.31 bits per heavy atom. The number of fused-ring (bicyclic) bond motifs is 2. The van der Waals surface area contributed by atoms with Crippen LogP contribution in [-0.2, 0) is 32.4 Å². The molecular formula is C21H23ClN2O6S2. The second-order valence-corrected chi connectivity index (χ2v) is 11.1. The van der Waals surface area contributed by atoms with Gasteiger partial charge in [0.2, 0.25) is 10.0 Å². The van der Waals surface area contributed by atoms with Crippen LogP contribution < -0.4 is 14.4 Å². The maximum Gasteiger partial charge on any atom is 0.341 e. The fraction of sp³-hybridized carbons (Fsp3) is 0.429. The standard InChI is InChI=1S/C21H23ClN2O6S2/c1-3-29-21(26)18-13-6-4-5-7-17(13)31-20(18)23-19(25)16-11-24(32(2,27)28)14-10-12(22)8-9-15(14)30-16/h8-10,16H,3-7,11H2,1-2H3,(H,23,25)/t16-/m0/s1. The highest BCUT2D eigenvalue weighted by Crippen LogP contribution is 2.40. The van der Waals surface area contributed by atoms with Gasteiger partial charge in [-0.3, -0.25) is 9.10 Å². The van der Waals surface area contributed by atoms with Crippen molar-refractivity contribution in [3.63, 3.8) is 0 Å². The molecule has 0 saturated heterocycles. The van der Waals surface area contributed by atoms with Crippen LogP contribution in [0.1, 0.15) is 40.6 Å². The van der Waals surface area contributed by atoms with Crippen molar-refractivity contribution in [1.29, 1.82) is 0 Å². The molecule has 1 aliphatic carbocycles. The highest BCUT2D eigenvalue weighted by atomic mass is 35.5. The number of hydrogen-bond acceptors (Lipinski definition) is 7. The van der Waals surface area contributed by atoms with Gasteiger partial charge >= 0.3 is 5.97 Å². The van der Waals surface area contributed by atoms with Crippen LogP contribution in [0.5, 0.6) is 5.75 Å². The maximum atomic E-state index is 13.1. The number of rotatable bonds is 5. The van der Waals surface area contributed by atoms with E-state index >= 15 is 0 Å². The van der Waals surface area contributed by atoms with Crippen molar-refractivity contribution in [2.75, 3.05) is 29.0 Å². The summed E-state index contributed by atoms with van der Waals surface area (Å²) in [6.45, 7) is 1.75. The van der Waals surface area contributed by atoms with Gasteiger partial charge in [0, 0.05) is 9.90 Å². The summed E-state index contributed by atoms with van der Waals surface area (Å²) in [6.07, 6.45) is 3.55. The summed E-state index contributed by atoms with van der Waals surface area (Å²) < 4.78 is 36.9. The first-order valence-corrected chi connectivity index (χ1v) is 13.3. The highest BCUT2D eigenvalue weighted by Gasteiger charge is 2.36. The fourth-order valence-electron chi connectivity index (χ4n) is 3.94. The number of hydrogen-bond donors (Lipinski definition) is 1. The molecule has 1 aliphatic heterocycles. The Labute approximate surface area is 195 Å². The van der Waals surface area contributed by atoms with Crippen LogP contribution in [0.4, 0.5) is 10.7 Å². The predicted molar refractivity (Wildman–Crippen MR) is 124 cm³/mol. The third kappa shape index (κ3) is 4.44. The number of aryl methyl sites for hydroxylation is 1. The van der Waals surface area contributed by atoms with Crippen molar-refractivity contribution in [3.05, 3.63) is 39.2 Å². The van der Waals surface area contributed by atoms with Crippen LogP contribution in [-0.4, -0.2) is 45.8 Å². The van der Waals surface area contributed by atoms with Gasteiger partial charge in [0.25, 0.3) is 5.91 Å². The second-order valence-electron chi connectivity index (χ2n) is 7.64. The first-order valence-electron chi connectivity index (χ1n) is 10.3. The summed E-state index contributed by atoms with van der Waals surface area (Å²) >= 11 is 7.39. The molecule has 0 saturated carbocycles. The first kappa shape index (κ1) is 22.9. The minimum absolute atomic E-state index is 0.210. The minimum atomic E-state index is -3.68. The van der Waals surface area contributed by atoms with Gasteiger partial charge in [0.15, 0.2) is 6.10 Å². The van der Waals surface area contributed by atoms with Gasteiger partial charge in [0.05, 0.1) is 30.7 Å². The molecule has 0 unspecified atom stereocenters. The van der Waals surface area contributed by atoms with E-state index in [2.05, 4.69) is 5.32 Å². The maximum absolute atomic E-state index is 13.1. The van der Waals surface area contributed by atoms with E-state index in [1.165, 1.54) is 23.5 Å². The Hall–Kier alpha value is -2.30. The monoisotopic (exact) mass is 498 g/mol. The zero-order valence-corrected chi connectivity index (χ0v) is 20.0. The Morgan fingerprint density at radius 2 is 2.06 bits per heavy atom. The number of ether oxygens (including phenoxy) is 2. The van der Waals surface area contributed by atoms with Crippen LogP contribution in [0.3, 0.4) is 0 Å². The van der Waals surface area contributed by atoms with Crippen LogP contribution >= 0.6 is 22.9 Å². The van der Waals surface area contributed by atoms with Gasteiger partial charge in [-0.15, -0.1) is 11.3 Å². The minimum Gasteiger partial charge on any atom is -0.476 e. The third-order valence-electron chi connectivity index (χ3n) is 5.37. The van der Waals surface area contributed by atoms with E-state index in [1.54, 1.807) is 13.0 Å². The number of thiophene rings is 1. The zero-order valence-electron chi connectivity index (χ0n) is 17.6. The molecule has 8 nitrogen and oxygen atoms in total. The number of nitrogens with one attached hydrogen (secondary N) is 1. The van der Waals surface area contributed by atoms with Crippen LogP contribution in [0.25, 0.3) is 0 Å². The van der Waals surface area contributed by atoms with Gasteiger partial charge in [0.1, 0.15) is 10.8 Å². The SMILES string of the molecule is CCOC(=O)c1c(NC(=O)[C@@H]2CN(S(C)(=O)=O)c3cc(Cl)ccc3O2)sc2c1CCCC2. The number of nitrogens with zero attached hydrogens (tertiary/aromatic N) is 1. The van der Waals surface area contributed by atoms with Crippen molar-refractivity contribution in [2.24, 2.45) is 0 Å². The molecule has 11 heteroatoms. The zero-order chi connectivity index (χ0) is 23.0. The van der Waals surface area contributed by atoms with E-state index in [9.17, 15) is 18.0 Å². The lowest BCUT2D eigenvalue weighted by molar-refractivity contribution is -0.122. The number of amides is 1. The summed E-state index contributed by atoms with van der Waals surface area (Å²) in [6, 6.07) is 4.58. The molecule has 2 heterocycles. The Bertz CT molecular complexity index is 1180. The van der Waals surface area contributed by atoms with E-state index in [4.69, 9.17) is 21.1 Å². The number of carbonyl (C=O) groups is 2. The number of benzene rings is 1. The molecule has 1 aromatic heterocycles. The van der Waals surface area contributed by atoms with E-state index < -0.39 is 28.0 Å². The molecule has 1 atom stereocenters.